The number of amides is 1. The van der Waals surface area contributed by atoms with E-state index in [4.69, 9.17) is 11.6 Å². The molecule has 2 aromatic rings. The summed E-state index contributed by atoms with van der Waals surface area (Å²) in [5.41, 5.74) is -0.777. The first kappa shape index (κ1) is 27.0. The van der Waals surface area contributed by atoms with Crippen LogP contribution >= 0.6 is 11.6 Å². The van der Waals surface area contributed by atoms with Crippen molar-refractivity contribution in [2.45, 2.75) is 31.5 Å². The minimum atomic E-state index is -4.81. The number of nitro groups is 1. The third-order valence-corrected chi connectivity index (χ3v) is 7.18. The van der Waals surface area contributed by atoms with Crippen molar-refractivity contribution in [2.24, 2.45) is 0 Å². The number of carbonyl (C=O) groups is 1. The molecule has 2 aliphatic heterocycles. The standard InChI is InChI=1S/C25H29ClF3N5O3/c26-18-1-3-20(4-2-18)33-15-13-31(14-16-33)10-9-24(35)30-19-7-11-32(12-8-19)21-5-6-23(34(36)37)22(17-21)25(27,28)29/h1-6,17,19H,7-16H2,(H,30,35). The van der Waals surface area contributed by atoms with Crippen LogP contribution in [-0.4, -0.2) is 67.6 Å². The Hall–Kier alpha value is -3.05. The molecule has 37 heavy (non-hydrogen) atoms. The van der Waals surface area contributed by atoms with Crippen LogP contribution in [0.2, 0.25) is 5.02 Å². The number of nitrogens with one attached hydrogen (secondary N) is 1. The SMILES string of the molecule is O=C(CCN1CCN(c2ccc(Cl)cc2)CC1)NC1CCN(c2ccc([N+](=O)[O-])c(C(F)(F)F)c2)CC1. The molecule has 0 bridgehead atoms. The number of piperazine rings is 1. The second-order valence-corrected chi connectivity index (χ2v) is 9.78. The molecule has 2 aromatic carbocycles. The molecule has 2 fully saturated rings. The molecular formula is C25H29ClF3N5O3. The predicted octanol–water partition coefficient (Wildman–Crippen LogP) is 4.56. The van der Waals surface area contributed by atoms with E-state index in [-0.39, 0.29) is 11.9 Å². The number of benzene rings is 2. The highest BCUT2D eigenvalue weighted by Crippen LogP contribution is 2.38. The molecular weight excluding hydrogens is 511 g/mol. The molecule has 0 aliphatic carbocycles. The molecule has 200 valence electrons. The molecule has 2 saturated heterocycles. The molecule has 2 aliphatic rings. The summed E-state index contributed by atoms with van der Waals surface area (Å²) in [6.07, 6.45) is -3.25. The molecule has 8 nitrogen and oxygen atoms in total. The second kappa shape index (κ2) is 11.6. The van der Waals surface area contributed by atoms with Crippen molar-refractivity contribution in [3.05, 3.63) is 63.2 Å². The van der Waals surface area contributed by atoms with E-state index in [1.807, 2.05) is 24.3 Å². The largest absolute Gasteiger partial charge is 0.423 e. The van der Waals surface area contributed by atoms with Gasteiger partial charge in [0.1, 0.15) is 5.56 Å². The van der Waals surface area contributed by atoms with E-state index in [1.165, 1.54) is 6.07 Å². The number of rotatable bonds is 7. The lowest BCUT2D eigenvalue weighted by atomic mass is 10.0. The van der Waals surface area contributed by atoms with Crippen molar-refractivity contribution >= 4 is 34.6 Å². The zero-order valence-electron chi connectivity index (χ0n) is 20.2. The summed E-state index contributed by atoms with van der Waals surface area (Å²) in [6.45, 7) is 5.05. The van der Waals surface area contributed by atoms with Crippen molar-refractivity contribution in [3.8, 4) is 0 Å². The van der Waals surface area contributed by atoms with Gasteiger partial charge in [-0.05, 0) is 49.2 Å². The van der Waals surface area contributed by atoms with E-state index in [1.54, 1.807) is 4.90 Å². The Morgan fingerprint density at radius 1 is 0.973 bits per heavy atom. The minimum absolute atomic E-state index is 0.0340. The van der Waals surface area contributed by atoms with Gasteiger partial charge in [-0.2, -0.15) is 13.2 Å². The van der Waals surface area contributed by atoms with Crippen LogP contribution < -0.4 is 15.1 Å². The monoisotopic (exact) mass is 539 g/mol. The Morgan fingerprint density at radius 2 is 1.57 bits per heavy atom. The Labute approximate surface area is 218 Å². The van der Waals surface area contributed by atoms with Crippen LogP contribution in [0.5, 0.6) is 0 Å². The molecule has 4 rings (SSSR count). The minimum Gasteiger partial charge on any atom is -0.371 e. The Balaban J connectivity index is 1.20. The fourth-order valence-corrected chi connectivity index (χ4v) is 4.96. The highest BCUT2D eigenvalue weighted by atomic mass is 35.5. The summed E-state index contributed by atoms with van der Waals surface area (Å²) < 4.78 is 39.9. The van der Waals surface area contributed by atoms with Gasteiger partial charge in [0.25, 0.3) is 5.69 Å². The van der Waals surface area contributed by atoms with Crippen LogP contribution in [0, 0.1) is 10.1 Å². The number of halogens is 4. The van der Waals surface area contributed by atoms with E-state index in [0.29, 0.717) is 49.6 Å². The van der Waals surface area contributed by atoms with Crippen molar-refractivity contribution < 1.29 is 22.9 Å². The first-order chi connectivity index (χ1) is 17.6. The predicted molar refractivity (Wildman–Crippen MR) is 136 cm³/mol. The van der Waals surface area contributed by atoms with Gasteiger partial charge < -0.3 is 15.1 Å². The van der Waals surface area contributed by atoms with Crippen molar-refractivity contribution in [2.75, 3.05) is 55.6 Å². The second-order valence-electron chi connectivity index (χ2n) is 9.34. The van der Waals surface area contributed by atoms with Crippen molar-refractivity contribution in [3.63, 3.8) is 0 Å². The number of piperidine rings is 1. The van der Waals surface area contributed by atoms with Gasteiger partial charge in [0.15, 0.2) is 0 Å². The van der Waals surface area contributed by atoms with Gasteiger partial charge in [0, 0.05) is 80.7 Å². The van der Waals surface area contributed by atoms with Gasteiger partial charge in [0.2, 0.25) is 5.91 Å². The molecule has 0 aromatic heterocycles. The molecule has 1 N–H and O–H groups in total. The Bertz CT molecular complexity index is 1100. The topological polar surface area (TPSA) is 82.0 Å². The zero-order valence-corrected chi connectivity index (χ0v) is 21.0. The van der Waals surface area contributed by atoms with Gasteiger partial charge in [-0.1, -0.05) is 11.6 Å². The van der Waals surface area contributed by atoms with Gasteiger partial charge in [-0.3, -0.25) is 19.8 Å². The normalized spacial score (nSPS) is 17.6. The number of hydrogen-bond donors (Lipinski definition) is 1. The van der Waals surface area contributed by atoms with Gasteiger partial charge in [-0.25, -0.2) is 0 Å². The zero-order chi connectivity index (χ0) is 26.6. The van der Waals surface area contributed by atoms with Gasteiger partial charge in [-0.15, -0.1) is 0 Å². The lowest BCUT2D eigenvalue weighted by Gasteiger charge is -2.36. The van der Waals surface area contributed by atoms with Crippen molar-refractivity contribution in [1.29, 1.82) is 0 Å². The van der Waals surface area contributed by atoms with E-state index in [2.05, 4.69) is 15.1 Å². The van der Waals surface area contributed by atoms with Crippen LogP contribution in [0.15, 0.2) is 42.5 Å². The molecule has 0 radical (unpaired) electrons. The average molecular weight is 540 g/mol. The highest BCUT2D eigenvalue weighted by Gasteiger charge is 2.39. The van der Waals surface area contributed by atoms with Gasteiger partial charge >= 0.3 is 6.18 Å². The Morgan fingerprint density at radius 3 is 2.16 bits per heavy atom. The maximum Gasteiger partial charge on any atom is 0.423 e. The number of anilines is 2. The maximum atomic E-state index is 13.3. The number of nitrogens with zero attached hydrogens (tertiary/aromatic N) is 4. The van der Waals surface area contributed by atoms with Crippen LogP contribution in [0.1, 0.15) is 24.8 Å². The van der Waals surface area contributed by atoms with Crippen LogP contribution in [0.25, 0.3) is 0 Å². The van der Waals surface area contributed by atoms with Gasteiger partial charge in [0.05, 0.1) is 4.92 Å². The Kier molecular flexibility index (Phi) is 8.43. The number of alkyl halides is 3. The van der Waals surface area contributed by atoms with Crippen LogP contribution in [0.3, 0.4) is 0 Å². The lowest BCUT2D eigenvalue weighted by Crippen LogP contribution is -2.48. The van der Waals surface area contributed by atoms with E-state index in [9.17, 15) is 28.1 Å². The molecule has 1 amide bonds. The summed E-state index contributed by atoms with van der Waals surface area (Å²) in [5.74, 6) is -0.0340. The maximum absolute atomic E-state index is 13.3. The number of carbonyl (C=O) groups excluding carboxylic acids is 1. The highest BCUT2D eigenvalue weighted by molar-refractivity contribution is 6.30. The summed E-state index contributed by atoms with van der Waals surface area (Å²) in [6, 6.07) is 10.8. The molecule has 0 atom stereocenters. The molecule has 2 heterocycles. The average Bonchev–Trinajstić information content (AvgIpc) is 2.88. The fourth-order valence-electron chi connectivity index (χ4n) is 4.83. The first-order valence-electron chi connectivity index (χ1n) is 12.2. The van der Waals surface area contributed by atoms with E-state index < -0.39 is 22.4 Å². The molecule has 0 saturated carbocycles. The molecule has 12 heteroatoms. The number of nitro benzene ring substituents is 1. The fraction of sp³-hybridized carbons (Fsp3) is 0.480. The summed E-state index contributed by atoms with van der Waals surface area (Å²) in [7, 11) is 0. The van der Waals surface area contributed by atoms with Crippen LogP contribution in [0.4, 0.5) is 30.2 Å². The molecule has 0 spiro atoms. The summed E-state index contributed by atoms with van der Waals surface area (Å²) >= 11 is 5.96. The number of hydrogen-bond acceptors (Lipinski definition) is 6. The third-order valence-electron chi connectivity index (χ3n) is 6.93. The summed E-state index contributed by atoms with van der Waals surface area (Å²) in [4.78, 5) is 28.8. The van der Waals surface area contributed by atoms with Crippen molar-refractivity contribution in [1.82, 2.24) is 10.2 Å². The quantitative estimate of drug-likeness (QED) is 0.410. The van der Waals surface area contributed by atoms with E-state index >= 15 is 0 Å². The third kappa shape index (κ3) is 7.04. The summed E-state index contributed by atoms with van der Waals surface area (Å²) in [5, 5.41) is 14.7. The van der Waals surface area contributed by atoms with Crippen LogP contribution in [-0.2, 0) is 11.0 Å². The lowest BCUT2D eigenvalue weighted by molar-refractivity contribution is -0.388. The molecule has 0 unspecified atom stereocenters. The first-order valence-corrected chi connectivity index (χ1v) is 12.6. The smallest absolute Gasteiger partial charge is 0.371 e. The van der Waals surface area contributed by atoms with E-state index in [0.717, 1.165) is 44.0 Å².